The van der Waals surface area contributed by atoms with Gasteiger partial charge < -0.3 is 4.74 Å². The fourth-order valence-electron chi connectivity index (χ4n) is 1.82. The van der Waals surface area contributed by atoms with Crippen LogP contribution in [0.15, 0.2) is 24.3 Å². The van der Waals surface area contributed by atoms with E-state index in [2.05, 4.69) is 5.10 Å². The Hall–Kier alpha value is -1.52. The summed E-state index contributed by atoms with van der Waals surface area (Å²) in [5.41, 5.74) is 1.62. The van der Waals surface area contributed by atoms with Gasteiger partial charge in [0, 0.05) is 12.6 Å². The highest BCUT2D eigenvalue weighted by Gasteiger charge is 2.18. The van der Waals surface area contributed by atoms with E-state index in [9.17, 15) is 4.79 Å². The minimum Gasteiger partial charge on any atom is -0.472 e. The molecular weight excluding hydrogens is 299 g/mol. The number of rotatable bonds is 4. The maximum atomic E-state index is 11.2. The number of aryl methyl sites for hydroxylation is 1. The van der Waals surface area contributed by atoms with Gasteiger partial charge in [0.05, 0.1) is 5.56 Å². The largest absolute Gasteiger partial charge is 0.472 e. The first-order valence-corrected chi connectivity index (χ1v) is 6.73. The number of alkyl halides is 1. The average Bonchev–Trinajstić information content (AvgIpc) is 2.64. The maximum absolute atomic E-state index is 11.2. The Labute approximate surface area is 127 Å². The maximum Gasteiger partial charge on any atom is 0.176 e. The van der Waals surface area contributed by atoms with Crippen molar-refractivity contribution in [2.24, 2.45) is 7.05 Å². The second-order valence-corrected chi connectivity index (χ2v) is 6.06. The molecule has 0 amide bonds. The summed E-state index contributed by atoms with van der Waals surface area (Å²) in [5, 5.41) is 3.75. The Balaban J connectivity index is 2.46. The van der Waals surface area contributed by atoms with Crippen molar-refractivity contribution < 1.29 is 9.53 Å². The number of benzene rings is 1. The molecule has 0 bridgehead atoms. The Kier molecular flexibility index (Phi) is 4.06. The van der Waals surface area contributed by atoms with Crippen LogP contribution in [-0.4, -0.2) is 21.1 Å². The van der Waals surface area contributed by atoms with E-state index < -0.39 is 5.06 Å². The molecule has 0 aliphatic rings. The van der Waals surface area contributed by atoms with Crippen LogP contribution in [0.1, 0.15) is 24.2 Å². The minimum atomic E-state index is -0.812. The van der Waals surface area contributed by atoms with Gasteiger partial charge in [0.15, 0.2) is 11.3 Å². The van der Waals surface area contributed by atoms with Gasteiger partial charge in [-0.25, -0.2) is 0 Å². The highest BCUT2D eigenvalue weighted by Crippen LogP contribution is 2.30. The summed E-state index contributed by atoms with van der Waals surface area (Å²) in [6, 6.07) is 7.21. The summed E-state index contributed by atoms with van der Waals surface area (Å²) in [6.07, 6.45) is 0.698. The second-order valence-electron chi connectivity index (χ2n) is 4.79. The van der Waals surface area contributed by atoms with E-state index in [4.69, 9.17) is 27.9 Å². The van der Waals surface area contributed by atoms with Gasteiger partial charge in [-0.1, -0.05) is 35.3 Å². The van der Waals surface area contributed by atoms with Crippen molar-refractivity contribution in [3.05, 3.63) is 35.0 Å². The lowest BCUT2D eigenvalue weighted by Gasteiger charge is -2.18. The lowest BCUT2D eigenvalue weighted by Crippen LogP contribution is -2.19. The number of aldehydes is 1. The van der Waals surface area contributed by atoms with Crippen LogP contribution < -0.4 is 4.74 Å². The number of carbonyl (C=O) groups excluding carboxylic acids is 1. The number of hydrogen-bond acceptors (Lipinski definition) is 3. The van der Waals surface area contributed by atoms with E-state index >= 15 is 0 Å². The van der Waals surface area contributed by atoms with Gasteiger partial charge in [0.25, 0.3) is 0 Å². The van der Waals surface area contributed by atoms with Crippen LogP contribution in [0.25, 0.3) is 11.3 Å². The van der Waals surface area contributed by atoms with E-state index in [1.807, 2.05) is 12.1 Å². The number of aromatic nitrogens is 2. The van der Waals surface area contributed by atoms with Crippen LogP contribution >= 0.6 is 23.2 Å². The SMILES string of the molecule is Cn1nc(-c2cccc(OC(C)(C)Cl)c2)c(C=O)c1Cl. The molecule has 6 heteroatoms. The summed E-state index contributed by atoms with van der Waals surface area (Å²) in [7, 11) is 1.68. The van der Waals surface area contributed by atoms with Crippen LogP contribution in [0.3, 0.4) is 0 Å². The summed E-state index contributed by atoms with van der Waals surface area (Å²) >= 11 is 12.1. The molecule has 0 atom stereocenters. The lowest BCUT2D eigenvalue weighted by molar-refractivity contribution is 0.112. The Morgan fingerprint density at radius 1 is 1.40 bits per heavy atom. The number of hydrogen-bond donors (Lipinski definition) is 0. The topological polar surface area (TPSA) is 44.1 Å². The Bertz CT molecular complexity index is 645. The summed E-state index contributed by atoms with van der Waals surface area (Å²) in [4.78, 5) is 11.2. The normalized spacial score (nSPS) is 11.4. The van der Waals surface area contributed by atoms with Crippen molar-refractivity contribution in [3.63, 3.8) is 0 Å². The van der Waals surface area contributed by atoms with Crippen LogP contribution in [0.4, 0.5) is 0 Å². The molecule has 0 unspecified atom stereocenters. The van der Waals surface area contributed by atoms with E-state index in [0.29, 0.717) is 28.4 Å². The molecule has 20 heavy (non-hydrogen) atoms. The van der Waals surface area contributed by atoms with Crippen LogP contribution in [0.5, 0.6) is 5.75 Å². The third kappa shape index (κ3) is 3.14. The van der Waals surface area contributed by atoms with Crippen molar-refractivity contribution in [2.45, 2.75) is 18.9 Å². The van der Waals surface area contributed by atoms with E-state index in [0.717, 1.165) is 5.56 Å². The standard InChI is InChI=1S/C14H14Cl2N2O2/c1-14(2,16)20-10-6-4-5-9(7-10)12-11(8-19)13(15)18(3)17-12/h4-8H,1-3H3. The highest BCUT2D eigenvalue weighted by molar-refractivity contribution is 6.32. The number of halogens is 2. The molecule has 0 radical (unpaired) electrons. The molecule has 0 fully saturated rings. The van der Waals surface area contributed by atoms with Crippen molar-refractivity contribution in [1.82, 2.24) is 9.78 Å². The number of carbonyl (C=O) groups is 1. The fraction of sp³-hybridized carbons (Fsp3) is 0.286. The Morgan fingerprint density at radius 2 is 2.10 bits per heavy atom. The molecule has 1 heterocycles. The molecule has 0 aliphatic heterocycles. The quantitative estimate of drug-likeness (QED) is 0.635. The first-order chi connectivity index (χ1) is 9.31. The second kappa shape index (κ2) is 5.46. The fourth-order valence-corrected chi connectivity index (χ4v) is 2.09. The van der Waals surface area contributed by atoms with Gasteiger partial charge in [0.2, 0.25) is 0 Å². The number of ether oxygens (including phenoxy) is 1. The van der Waals surface area contributed by atoms with Crippen LogP contribution in [0, 0.1) is 0 Å². The van der Waals surface area contributed by atoms with Crippen molar-refractivity contribution in [2.75, 3.05) is 0 Å². The van der Waals surface area contributed by atoms with Gasteiger partial charge >= 0.3 is 0 Å². The van der Waals surface area contributed by atoms with Crippen molar-refractivity contribution in [1.29, 1.82) is 0 Å². The van der Waals surface area contributed by atoms with Crippen LogP contribution in [-0.2, 0) is 7.05 Å². The van der Waals surface area contributed by atoms with E-state index in [1.165, 1.54) is 4.68 Å². The third-order valence-electron chi connectivity index (χ3n) is 2.60. The predicted molar refractivity (Wildman–Crippen MR) is 79.6 cm³/mol. The van der Waals surface area contributed by atoms with Gasteiger partial charge in [-0.2, -0.15) is 5.10 Å². The zero-order chi connectivity index (χ0) is 14.9. The summed E-state index contributed by atoms with van der Waals surface area (Å²) in [6.45, 7) is 3.49. The monoisotopic (exact) mass is 312 g/mol. The molecule has 0 N–H and O–H groups in total. The molecule has 4 nitrogen and oxygen atoms in total. The molecule has 2 aromatic rings. The average molecular weight is 313 g/mol. The van der Waals surface area contributed by atoms with Gasteiger partial charge in [-0.05, 0) is 26.0 Å². The van der Waals surface area contributed by atoms with E-state index in [-0.39, 0.29) is 0 Å². The molecule has 0 saturated heterocycles. The minimum absolute atomic E-state index is 0.305. The van der Waals surface area contributed by atoms with Gasteiger partial charge in [-0.15, -0.1) is 0 Å². The molecule has 1 aromatic heterocycles. The summed E-state index contributed by atoms with van der Waals surface area (Å²) < 4.78 is 7.04. The third-order valence-corrected chi connectivity index (χ3v) is 3.12. The van der Waals surface area contributed by atoms with Gasteiger partial charge in [-0.3, -0.25) is 9.48 Å². The Morgan fingerprint density at radius 3 is 2.70 bits per heavy atom. The zero-order valence-corrected chi connectivity index (χ0v) is 12.9. The molecule has 0 aliphatic carbocycles. The smallest absolute Gasteiger partial charge is 0.176 e. The molecule has 0 saturated carbocycles. The first kappa shape index (κ1) is 14.9. The molecular formula is C14H14Cl2N2O2. The van der Waals surface area contributed by atoms with Crippen LogP contribution in [0.2, 0.25) is 5.15 Å². The molecule has 0 spiro atoms. The molecule has 1 aromatic carbocycles. The highest BCUT2D eigenvalue weighted by atomic mass is 35.5. The number of nitrogens with zero attached hydrogens (tertiary/aromatic N) is 2. The van der Waals surface area contributed by atoms with Crippen molar-refractivity contribution >= 4 is 29.5 Å². The van der Waals surface area contributed by atoms with Crippen molar-refractivity contribution in [3.8, 4) is 17.0 Å². The van der Waals surface area contributed by atoms with E-state index in [1.54, 1.807) is 33.0 Å². The summed E-state index contributed by atoms with van der Waals surface area (Å²) in [5.74, 6) is 0.598. The zero-order valence-electron chi connectivity index (χ0n) is 11.4. The van der Waals surface area contributed by atoms with Gasteiger partial charge in [0.1, 0.15) is 16.6 Å². The first-order valence-electron chi connectivity index (χ1n) is 5.98. The lowest BCUT2D eigenvalue weighted by atomic mass is 10.1. The molecule has 2 rings (SSSR count). The predicted octanol–water partition coefficient (Wildman–Crippen LogP) is 3.91. The molecule has 106 valence electrons.